The zero-order valence-corrected chi connectivity index (χ0v) is 39.9. The van der Waals surface area contributed by atoms with E-state index >= 15 is 0 Å². The molecule has 0 aliphatic carbocycles. The molecule has 0 spiro atoms. The number of benzene rings is 10. The van der Waals surface area contributed by atoms with Crippen LogP contribution >= 0.6 is 0 Å². The van der Waals surface area contributed by atoms with Crippen molar-refractivity contribution in [2.24, 2.45) is 0 Å². The van der Waals surface area contributed by atoms with E-state index in [0.29, 0.717) is 5.92 Å². The Hall–Kier alpha value is -7.16. The van der Waals surface area contributed by atoms with Crippen LogP contribution in [-0.2, 0) is 0 Å². The van der Waals surface area contributed by atoms with E-state index in [4.69, 9.17) is 0 Å². The summed E-state index contributed by atoms with van der Waals surface area (Å²) in [6.45, 7) is 20.6. The minimum Gasteiger partial charge on any atom is -0.310 e. The predicted octanol–water partition coefficient (Wildman–Crippen LogP) is 19.2. The first-order chi connectivity index (χ1) is 32.0. The molecule has 10 aromatic carbocycles. The molecule has 0 bridgehead atoms. The van der Waals surface area contributed by atoms with Gasteiger partial charge in [-0.05, 0) is 159 Å². The molecule has 0 radical (unpaired) electrons. The summed E-state index contributed by atoms with van der Waals surface area (Å²) in [5, 5.41) is 7.79. The van der Waals surface area contributed by atoms with Crippen LogP contribution in [0.1, 0.15) is 92.7 Å². The second kappa shape index (κ2) is 17.3. The number of aryl methyl sites for hydroxylation is 3. The normalized spacial score (nSPS) is 11.8. The SMILES string of the molecule is Cc1ccc(-c2ccc(C)c(N(c3ccccc3)c3cc(C(C)C)c4ccc5c(N(c6ccccc6)c6cc(-c7ccc(C(C)C)cc7)ccc6C)cc(C(C)C)c6ccc3c4c65)c2)cc1. The lowest BCUT2D eigenvalue weighted by molar-refractivity contribution is 0.867. The summed E-state index contributed by atoms with van der Waals surface area (Å²) in [6.07, 6.45) is 0. The molecule has 0 saturated heterocycles. The first-order valence-electron chi connectivity index (χ1n) is 23.8. The molecular weight excluding hydrogens is 797 g/mol. The molecule has 10 aromatic rings. The van der Waals surface area contributed by atoms with E-state index in [2.05, 4.69) is 254 Å². The van der Waals surface area contributed by atoms with Gasteiger partial charge in [-0.15, -0.1) is 0 Å². The van der Waals surface area contributed by atoms with Crippen LogP contribution in [0.3, 0.4) is 0 Å². The number of hydrogen-bond acceptors (Lipinski definition) is 2. The molecule has 2 nitrogen and oxygen atoms in total. The quantitative estimate of drug-likeness (QED) is 0.120. The van der Waals surface area contributed by atoms with Crippen molar-refractivity contribution >= 4 is 66.4 Å². The second-order valence-electron chi connectivity index (χ2n) is 19.3. The van der Waals surface area contributed by atoms with Crippen molar-refractivity contribution < 1.29 is 0 Å². The third-order valence-corrected chi connectivity index (χ3v) is 13.9. The van der Waals surface area contributed by atoms with Gasteiger partial charge in [0.2, 0.25) is 0 Å². The van der Waals surface area contributed by atoms with Gasteiger partial charge in [0.25, 0.3) is 0 Å². The summed E-state index contributed by atoms with van der Waals surface area (Å²) in [7, 11) is 0. The van der Waals surface area contributed by atoms with E-state index in [1.54, 1.807) is 0 Å². The fourth-order valence-electron chi connectivity index (χ4n) is 10.2. The number of hydrogen-bond donors (Lipinski definition) is 0. The van der Waals surface area contributed by atoms with Crippen molar-refractivity contribution in [2.75, 3.05) is 9.80 Å². The molecule has 0 fully saturated rings. The highest BCUT2D eigenvalue weighted by molar-refractivity contribution is 6.29. The molecule has 0 atom stereocenters. The molecule has 10 rings (SSSR count). The summed E-state index contributed by atoms with van der Waals surface area (Å²) < 4.78 is 0. The molecule has 0 heterocycles. The number of rotatable bonds is 11. The van der Waals surface area contributed by atoms with Crippen LogP contribution in [0.4, 0.5) is 34.1 Å². The Morgan fingerprint density at radius 2 is 0.697 bits per heavy atom. The van der Waals surface area contributed by atoms with Crippen LogP contribution in [0.5, 0.6) is 0 Å². The molecule has 326 valence electrons. The van der Waals surface area contributed by atoms with Crippen molar-refractivity contribution in [2.45, 2.75) is 80.1 Å². The molecule has 0 aliphatic rings. The van der Waals surface area contributed by atoms with Gasteiger partial charge in [-0.1, -0.05) is 181 Å². The predicted molar refractivity (Wildman–Crippen MR) is 287 cm³/mol. The molecule has 0 amide bonds. The maximum absolute atomic E-state index is 2.53. The second-order valence-corrected chi connectivity index (χ2v) is 19.3. The van der Waals surface area contributed by atoms with Gasteiger partial charge in [-0.3, -0.25) is 0 Å². The molecule has 2 heteroatoms. The average Bonchev–Trinajstić information content (AvgIpc) is 3.33. The van der Waals surface area contributed by atoms with Crippen molar-refractivity contribution in [1.82, 2.24) is 0 Å². The van der Waals surface area contributed by atoms with E-state index in [1.807, 2.05) is 0 Å². The Bertz CT molecular complexity index is 3340. The van der Waals surface area contributed by atoms with Gasteiger partial charge >= 0.3 is 0 Å². The highest BCUT2D eigenvalue weighted by Gasteiger charge is 2.27. The maximum atomic E-state index is 2.53. The van der Waals surface area contributed by atoms with E-state index in [-0.39, 0.29) is 11.8 Å². The van der Waals surface area contributed by atoms with Gasteiger partial charge in [-0.25, -0.2) is 0 Å². The van der Waals surface area contributed by atoms with E-state index in [9.17, 15) is 0 Å². The Balaban J connectivity index is 1.27. The maximum Gasteiger partial charge on any atom is 0.0543 e. The van der Waals surface area contributed by atoms with Gasteiger partial charge in [0.1, 0.15) is 0 Å². The van der Waals surface area contributed by atoms with Crippen LogP contribution in [0.25, 0.3) is 54.6 Å². The smallest absolute Gasteiger partial charge is 0.0543 e. The Kier molecular flexibility index (Phi) is 11.2. The molecule has 0 aliphatic heterocycles. The van der Waals surface area contributed by atoms with Crippen LogP contribution in [0.15, 0.2) is 182 Å². The van der Waals surface area contributed by atoms with Crippen LogP contribution in [-0.4, -0.2) is 0 Å². The first-order valence-corrected chi connectivity index (χ1v) is 23.8. The van der Waals surface area contributed by atoms with Crippen LogP contribution < -0.4 is 9.80 Å². The molecule has 66 heavy (non-hydrogen) atoms. The molecule has 0 unspecified atom stereocenters. The lowest BCUT2D eigenvalue weighted by Gasteiger charge is -2.32. The van der Waals surface area contributed by atoms with E-state index in [1.165, 1.54) is 111 Å². The van der Waals surface area contributed by atoms with Gasteiger partial charge < -0.3 is 9.80 Å². The summed E-state index contributed by atoms with van der Waals surface area (Å²) in [4.78, 5) is 5.05. The third kappa shape index (κ3) is 7.59. The van der Waals surface area contributed by atoms with Gasteiger partial charge in [0.05, 0.1) is 11.4 Å². The Morgan fingerprint density at radius 1 is 0.318 bits per heavy atom. The topological polar surface area (TPSA) is 6.48 Å². The lowest BCUT2D eigenvalue weighted by atomic mass is 9.84. The first kappa shape index (κ1) is 42.8. The average molecular weight is 857 g/mol. The monoisotopic (exact) mass is 856 g/mol. The Morgan fingerprint density at radius 3 is 1.09 bits per heavy atom. The number of anilines is 6. The fourth-order valence-corrected chi connectivity index (χ4v) is 10.2. The standard InChI is InChI=1S/C64H60N2/c1-40(2)46-28-30-48(31-29-46)50-27-23-45(9)60(37-50)66(52-18-14-11-15-19-52)62-39-58(42(5)6)54-32-34-55-61(38-57(41(3)4)53-33-35-56(62)64(54)63(53)55)65(51-16-12-10-13-17-51)59-36-49(26-22-44(59)8)47-24-20-43(7)21-25-47/h10-42H,1-9H3. The van der Waals surface area contributed by atoms with Crippen molar-refractivity contribution in [3.63, 3.8) is 0 Å². The Labute approximate surface area is 392 Å². The molecule has 0 N–H and O–H groups in total. The summed E-state index contributed by atoms with van der Waals surface area (Å²) >= 11 is 0. The molecule has 0 saturated carbocycles. The van der Waals surface area contributed by atoms with Gasteiger partial charge in [0, 0.05) is 33.5 Å². The molecular formula is C64H60N2. The van der Waals surface area contributed by atoms with Crippen molar-refractivity contribution in [1.29, 1.82) is 0 Å². The van der Waals surface area contributed by atoms with Crippen molar-refractivity contribution in [3.8, 4) is 22.3 Å². The highest BCUT2D eigenvalue weighted by Crippen LogP contribution is 2.52. The zero-order valence-electron chi connectivity index (χ0n) is 39.9. The lowest BCUT2D eigenvalue weighted by Crippen LogP contribution is -2.14. The zero-order chi connectivity index (χ0) is 45.8. The van der Waals surface area contributed by atoms with Crippen LogP contribution in [0.2, 0.25) is 0 Å². The fraction of sp³-hybridized carbons (Fsp3) is 0.188. The minimum atomic E-state index is 0.287. The summed E-state index contributed by atoms with van der Waals surface area (Å²) in [6, 6.07) is 68.5. The molecule has 0 aromatic heterocycles. The summed E-state index contributed by atoms with van der Waals surface area (Å²) in [5.41, 5.74) is 19.7. The minimum absolute atomic E-state index is 0.287. The van der Waals surface area contributed by atoms with Gasteiger partial charge in [-0.2, -0.15) is 0 Å². The number of para-hydroxylation sites is 2. The van der Waals surface area contributed by atoms with E-state index in [0.717, 1.165) is 11.4 Å². The van der Waals surface area contributed by atoms with Crippen LogP contribution in [0, 0.1) is 20.8 Å². The highest BCUT2D eigenvalue weighted by atomic mass is 15.2. The number of nitrogens with zero attached hydrogens (tertiary/aromatic N) is 2. The van der Waals surface area contributed by atoms with Gasteiger partial charge in [0.15, 0.2) is 0 Å². The van der Waals surface area contributed by atoms with Crippen molar-refractivity contribution in [3.05, 3.63) is 215 Å². The largest absolute Gasteiger partial charge is 0.310 e. The van der Waals surface area contributed by atoms with E-state index < -0.39 is 0 Å². The summed E-state index contributed by atoms with van der Waals surface area (Å²) in [5.74, 6) is 1.06. The third-order valence-electron chi connectivity index (χ3n) is 13.9.